The Hall–Kier alpha value is -2.10. The van der Waals surface area contributed by atoms with Gasteiger partial charge in [-0.2, -0.15) is 0 Å². The summed E-state index contributed by atoms with van der Waals surface area (Å²) in [7, 11) is 0. The monoisotopic (exact) mass is 298 g/mol. The van der Waals surface area contributed by atoms with Crippen molar-refractivity contribution in [3.05, 3.63) is 65.3 Å². The van der Waals surface area contributed by atoms with Crippen LogP contribution in [-0.2, 0) is 0 Å². The Labute approximate surface area is 128 Å². The molecule has 0 saturated heterocycles. The smallest absolute Gasteiger partial charge is 0.146 e. The molecule has 3 nitrogen and oxygen atoms in total. The quantitative estimate of drug-likeness (QED) is 0.762. The molecule has 1 unspecified atom stereocenters. The van der Waals surface area contributed by atoms with Crippen LogP contribution >= 0.6 is 11.6 Å². The highest BCUT2D eigenvalue weighted by Crippen LogP contribution is 2.32. The molecule has 0 aliphatic carbocycles. The molecule has 3 aromatic rings. The summed E-state index contributed by atoms with van der Waals surface area (Å²) in [6, 6.07) is 15.3. The Kier molecular flexibility index (Phi) is 3.78. The van der Waals surface area contributed by atoms with Crippen LogP contribution in [0.3, 0.4) is 0 Å². The molecule has 0 saturated carbocycles. The SMILES string of the molecule is CC(N)c1ccc(Oc2cnc3ccccc3c2)c(Cl)c1. The largest absolute Gasteiger partial charge is 0.454 e. The average Bonchev–Trinajstić information content (AvgIpc) is 2.49. The second-order valence-corrected chi connectivity index (χ2v) is 5.35. The van der Waals surface area contributed by atoms with E-state index in [9.17, 15) is 0 Å². The molecule has 0 amide bonds. The van der Waals surface area contributed by atoms with Gasteiger partial charge in [0.2, 0.25) is 0 Å². The average molecular weight is 299 g/mol. The molecule has 21 heavy (non-hydrogen) atoms. The minimum absolute atomic E-state index is 0.0566. The third-order valence-corrected chi connectivity index (χ3v) is 3.57. The Morgan fingerprint density at radius 3 is 2.71 bits per heavy atom. The van der Waals surface area contributed by atoms with Crippen molar-refractivity contribution in [2.24, 2.45) is 5.73 Å². The van der Waals surface area contributed by atoms with Crippen LogP contribution in [0.15, 0.2) is 54.7 Å². The van der Waals surface area contributed by atoms with Gasteiger partial charge in [-0.25, -0.2) is 0 Å². The maximum atomic E-state index is 6.24. The van der Waals surface area contributed by atoms with Gasteiger partial charge in [-0.15, -0.1) is 0 Å². The van der Waals surface area contributed by atoms with Crippen molar-refractivity contribution >= 4 is 22.5 Å². The van der Waals surface area contributed by atoms with Crippen LogP contribution in [0.5, 0.6) is 11.5 Å². The van der Waals surface area contributed by atoms with E-state index in [1.807, 2.05) is 55.5 Å². The van der Waals surface area contributed by atoms with Crippen LogP contribution in [0.1, 0.15) is 18.5 Å². The molecule has 0 spiro atoms. The van der Waals surface area contributed by atoms with Crippen LogP contribution in [-0.4, -0.2) is 4.98 Å². The zero-order valence-corrected chi connectivity index (χ0v) is 12.3. The van der Waals surface area contributed by atoms with Gasteiger partial charge < -0.3 is 10.5 Å². The second-order valence-electron chi connectivity index (χ2n) is 4.94. The number of para-hydroxylation sites is 1. The lowest BCUT2D eigenvalue weighted by Gasteiger charge is -2.11. The number of hydrogen-bond acceptors (Lipinski definition) is 3. The third kappa shape index (κ3) is 2.99. The highest BCUT2D eigenvalue weighted by molar-refractivity contribution is 6.32. The van der Waals surface area contributed by atoms with Crippen LogP contribution in [0, 0.1) is 0 Å². The first-order chi connectivity index (χ1) is 10.1. The topological polar surface area (TPSA) is 48.1 Å². The van der Waals surface area contributed by atoms with E-state index >= 15 is 0 Å². The van der Waals surface area contributed by atoms with Gasteiger partial charge in [-0.05, 0) is 36.8 Å². The van der Waals surface area contributed by atoms with Gasteiger partial charge >= 0.3 is 0 Å². The second kappa shape index (κ2) is 5.72. The summed E-state index contributed by atoms with van der Waals surface area (Å²) in [6.07, 6.45) is 1.69. The van der Waals surface area contributed by atoms with E-state index < -0.39 is 0 Å². The number of aromatic nitrogens is 1. The molecule has 1 atom stereocenters. The van der Waals surface area contributed by atoms with Crippen molar-refractivity contribution in [2.75, 3.05) is 0 Å². The van der Waals surface area contributed by atoms with Crippen LogP contribution in [0.2, 0.25) is 5.02 Å². The van der Waals surface area contributed by atoms with E-state index in [0.717, 1.165) is 16.5 Å². The van der Waals surface area contributed by atoms with E-state index in [2.05, 4.69) is 4.98 Å². The maximum absolute atomic E-state index is 6.24. The first-order valence-corrected chi connectivity index (χ1v) is 7.09. The van der Waals surface area contributed by atoms with Gasteiger partial charge in [-0.1, -0.05) is 35.9 Å². The minimum Gasteiger partial charge on any atom is -0.454 e. The molecule has 0 fully saturated rings. The van der Waals surface area contributed by atoms with Crippen LogP contribution in [0.25, 0.3) is 10.9 Å². The van der Waals surface area contributed by atoms with E-state index in [0.29, 0.717) is 16.5 Å². The molecule has 0 aliphatic heterocycles. The summed E-state index contributed by atoms with van der Waals surface area (Å²) in [5.74, 6) is 1.25. The number of nitrogens with zero attached hydrogens (tertiary/aromatic N) is 1. The zero-order chi connectivity index (χ0) is 14.8. The summed E-state index contributed by atoms with van der Waals surface area (Å²) in [5, 5.41) is 1.57. The van der Waals surface area contributed by atoms with E-state index in [-0.39, 0.29) is 6.04 Å². The standard InChI is InChI=1S/C17H15ClN2O/c1-11(19)12-6-7-17(15(18)9-12)21-14-8-13-4-2-3-5-16(13)20-10-14/h2-11H,19H2,1H3. The molecule has 2 N–H and O–H groups in total. The molecule has 1 aromatic heterocycles. The lowest BCUT2D eigenvalue weighted by Crippen LogP contribution is -2.04. The molecular formula is C17H15ClN2O. The number of pyridine rings is 1. The first kappa shape index (κ1) is 13.9. The molecule has 0 radical (unpaired) electrons. The Morgan fingerprint density at radius 2 is 1.95 bits per heavy atom. The Balaban J connectivity index is 1.91. The highest BCUT2D eigenvalue weighted by atomic mass is 35.5. The van der Waals surface area contributed by atoms with E-state index in [1.54, 1.807) is 6.20 Å². The highest BCUT2D eigenvalue weighted by Gasteiger charge is 2.07. The number of benzene rings is 2. The molecule has 0 aliphatic rings. The van der Waals surface area contributed by atoms with Crippen molar-refractivity contribution in [2.45, 2.75) is 13.0 Å². The van der Waals surface area contributed by atoms with Crippen LogP contribution in [0.4, 0.5) is 0 Å². The van der Waals surface area contributed by atoms with Gasteiger partial charge in [0.05, 0.1) is 16.7 Å². The predicted molar refractivity (Wildman–Crippen MR) is 85.9 cm³/mol. The fourth-order valence-electron chi connectivity index (χ4n) is 2.12. The number of nitrogens with two attached hydrogens (primary N) is 1. The van der Waals surface area contributed by atoms with Gasteiger partial charge in [0, 0.05) is 11.4 Å². The van der Waals surface area contributed by atoms with Gasteiger partial charge in [0.25, 0.3) is 0 Å². The van der Waals surface area contributed by atoms with Crippen molar-refractivity contribution in [1.82, 2.24) is 4.98 Å². The summed E-state index contributed by atoms with van der Waals surface area (Å²) >= 11 is 6.24. The lowest BCUT2D eigenvalue weighted by atomic mass is 10.1. The molecule has 1 heterocycles. The summed E-state index contributed by atoms with van der Waals surface area (Å²) < 4.78 is 5.82. The molecule has 106 valence electrons. The summed E-state index contributed by atoms with van der Waals surface area (Å²) in [5.41, 5.74) is 7.75. The number of hydrogen-bond donors (Lipinski definition) is 1. The third-order valence-electron chi connectivity index (χ3n) is 3.27. The molecular weight excluding hydrogens is 284 g/mol. The first-order valence-electron chi connectivity index (χ1n) is 6.71. The van der Waals surface area contributed by atoms with Gasteiger partial charge in [-0.3, -0.25) is 4.98 Å². The zero-order valence-electron chi connectivity index (χ0n) is 11.6. The summed E-state index contributed by atoms with van der Waals surface area (Å²) in [6.45, 7) is 1.92. The number of ether oxygens (including phenoxy) is 1. The molecule has 0 bridgehead atoms. The van der Waals surface area contributed by atoms with Crippen molar-refractivity contribution in [1.29, 1.82) is 0 Å². The normalized spacial score (nSPS) is 12.3. The van der Waals surface area contributed by atoms with Crippen LogP contribution < -0.4 is 10.5 Å². The molecule has 2 aromatic carbocycles. The Morgan fingerprint density at radius 1 is 1.14 bits per heavy atom. The van der Waals surface area contributed by atoms with E-state index in [4.69, 9.17) is 22.1 Å². The summed E-state index contributed by atoms with van der Waals surface area (Å²) in [4.78, 5) is 4.36. The van der Waals surface area contributed by atoms with Crippen molar-refractivity contribution < 1.29 is 4.74 Å². The minimum atomic E-state index is -0.0566. The molecule has 3 rings (SSSR count). The predicted octanol–water partition coefficient (Wildman–Crippen LogP) is 4.70. The fourth-order valence-corrected chi connectivity index (χ4v) is 2.34. The Bertz CT molecular complexity index is 787. The maximum Gasteiger partial charge on any atom is 0.146 e. The molecule has 4 heteroatoms. The van der Waals surface area contributed by atoms with Crippen molar-refractivity contribution in [3.63, 3.8) is 0 Å². The fraction of sp³-hybridized carbons (Fsp3) is 0.118. The number of rotatable bonds is 3. The van der Waals surface area contributed by atoms with E-state index in [1.165, 1.54) is 0 Å². The van der Waals surface area contributed by atoms with Crippen molar-refractivity contribution in [3.8, 4) is 11.5 Å². The number of fused-ring (bicyclic) bond motifs is 1. The van der Waals surface area contributed by atoms with Gasteiger partial charge in [0.1, 0.15) is 11.5 Å². The lowest BCUT2D eigenvalue weighted by molar-refractivity contribution is 0.481. The number of halogens is 1. The van der Waals surface area contributed by atoms with Gasteiger partial charge in [0.15, 0.2) is 0 Å².